The standard InChI is InChI=1S/C36H49N7O5/c1-6-7-19-42-23-27(39-40-42)24-48-32-18-12-11-16-28(32)33(44)38-29(21-25(2)3)35(46)43-20-13-17-30(43)36(47)41(5)31(34(45)37-4)22-26-14-9-8-10-15-26/h8-12,14-16,18,23,25,29-31H,6-7,13,17,19-22,24H2,1-5H3,(H,37,45)(H,38,44)/t29-,30-,31+/m1/s1. The van der Waals surface area contributed by atoms with E-state index in [2.05, 4.69) is 27.9 Å². The van der Waals surface area contributed by atoms with Crippen molar-refractivity contribution >= 4 is 23.6 Å². The van der Waals surface area contributed by atoms with E-state index in [-0.39, 0.29) is 30.2 Å². The van der Waals surface area contributed by atoms with Crippen LogP contribution in [-0.4, -0.2) is 87.2 Å². The van der Waals surface area contributed by atoms with E-state index >= 15 is 0 Å². The number of benzene rings is 2. The van der Waals surface area contributed by atoms with Crippen molar-refractivity contribution in [3.05, 3.63) is 77.6 Å². The number of nitrogens with one attached hydrogen (secondary N) is 2. The molecule has 0 bridgehead atoms. The molecule has 0 aliphatic carbocycles. The quantitative estimate of drug-likeness (QED) is 0.240. The van der Waals surface area contributed by atoms with E-state index in [0.29, 0.717) is 49.2 Å². The zero-order chi connectivity index (χ0) is 34.6. The molecule has 0 spiro atoms. The number of nitrogens with zero attached hydrogens (tertiary/aromatic N) is 5. The van der Waals surface area contributed by atoms with Crippen molar-refractivity contribution in [1.82, 2.24) is 35.4 Å². The SMILES string of the molecule is CCCCn1cc(COc2ccccc2C(=O)N[C@H](CC(C)C)C(=O)N2CCC[C@@H]2C(=O)N(C)[C@@H](Cc2ccccc2)C(=O)NC)nn1. The fraction of sp³-hybridized carbons (Fsp3) is 0.500. The molecule has 0 saturated carbocycles. The number of unbranched alkanes of at least 4 members (excludes halogenated alkanes) is 1. The highest BCUT2D eigenvalue weighted by atomic mass is 16.5. The molecule has 3 atom stereocenters. The van der Waals surface area contributed by atoms with Gasteiger partial charge < -0.3 is 25.2 Å². The lowest BCUT2D eigenvalue weighted by molar-refractivity contribution is -0.147. The number of hydrogen-bond acceptors (Lipinski definition) is 7. The first kappa shape index (κ1) is 36.1. The molecule has 12 heteroatoms. The number of aryl methyl sites for hydroxylation is 1. The highest BCUT2D eigenvalue weighted by Gasteiger charge is 2.41. The van der Waals surface area contributed by atoms with Crippen molar-refractivity contribution in [2.24, 2.45) is 5.92 Å². The molecule has 2 aromatic carbocycles. The Morgan fingerprint density at radius 3 is 2.50 bits per heavy atom. The van der Waals surface area contributed by atoms with Gasteiger partial charge in [-0.15, -0.1) is 5.10 Å². The molecule has 2 N–H and O–H groups in total. The molecule has 3 aromatic rings. The van der Waals surface area contributed by atoms with E-state index in [1.165, 1.54) is 4.90 Å². The average molecular weight is 660 g/mol. The summed E-state index contributed by atoms with van der Waals surface area (Å²) in [6.45, 7) is 7.37. The van der Waals surface area contributed by atoms with Gasteiger partial charge in [-0.3, -0.25) is 23.9 Å². The predicted molar refractivity (Wildman–Crippen MR) is 182 cm³/mol. The lowest BCUT2D eigenvalue weighted by Gasteiger charge is -2.34. The maximum atomic E-state index is 14.1. The summed E-state index contributed by atoms with van der Waals surface area (Å²) in [5.74, 6) is -0.892. The van der Waals surface area contributed by atoms with E-state index in [9.17, 15) is 19.2 Å². The molecule has 0 unspecified atom stereocenters. The minimum absolute atomic E-state index is 0.0870. The van der Waals surface area contributed by atoms with Crippen molar-refractivity contribution in [3.8, 4) is 5.75 Å². The second kappa shape index (κ2) is 17.4. The van der Waals surface area contributed by atoms with Crippen LogP contribution < -0.4 is 15.4 Å². The van der Waals surface area contributed by atoms with E-state index in [4.69, 9.17) is 4.74 Å². The van der Waals surface area contributed by atoms with E-state index < -0.39 is 24.0 Å². The van der Waals surface area contributed by atoms with Crippen LogP contribution >= 0.6 is 0 Å². The van der Waals surface area contributed by atoms with E-state index in [1.54, 1.807) is 47.9 Å². The maximum Gasteiger partial charge on any atom is 0.255 e. The number of para-hydroxylation sites is 1. The first-order chi connectivity index (χ1) is 23.1. The third-order valence-electron chi connectivity index (χ3n) is 8.60. The molecule has 1 aromatic heterocycles. The Hall–Kier alpha value is -4.74. The molecule has 0 radical (unpaired) electrons. The Kier molecular flexibility index (Phi) is 13.1. The topological polar surface area (TPSA) is 139 Å². The third-order valence-corrected chi connectivity index (χ3v) is 8.60. The summed E-state index contributed by atoms with van der Waals surface area (Å²) in [5.41, 5.74) is 1.86. The number of carbonyl (C=O) groups is 4. The molecule has 1 fully saturated rings. The Balaban J connectivity index is 1.47. The molecule has 1 aliphatic rings. The number of aromatic nitrogens is 3. The minimum Gasteiger partial charge on any atom is -0.486 e. The second-order valence-electron chi connectivity index (χ2n) is 12.7. The molecule has 258 valence electrons. The molecule has 2 heterocycles. The van der Waals surface area contributed by atoms with E-state index in [1.807, 2.05) is 50.4 Å². The fourth-order valence-corrected chi connectivity index (χ4v) is 5.98. The summed E-state index contributed by atoms with van der Waals surface area (Å²) in [4.78, 5) is 57.7. The Labute approximate surface area is 283 Å². The van der Waals surface area contributed by atoms with Gasteiger partial charge in [-0.25, -0.2) is 0 Å². The Bertz CT molecular complexity index is 1530. The van der Waals surface area contributed by atoms with Crippen LogP contribution in [0.5, 0.6) is 5.75 Å². The van der Waals surface area contributed by atoms with Crippen molar-refractivity contribution in [3.63, 3.8) is 0 Å². The van der Waals surface area contributed by atoms with Gasteiger partial charge >= 0.3 is 0 Å². The first-order valence-electron chi connectivity index (χ1n) is 16.9. The summed E-state index contributed by atoms with van der Waals surface area (Å²) in [5, 5.41) is 13.9. The van der Waals surface area contributed by atoms with Crippen molar-refractivity contribution < 1.29 is 23.9 Å². The van der Waals surface area contributed by atoms with Gasteiger partial charge in [0.2, 0.25) is 17.7 Å². The molecular weight excluding hydrogens is 610 g/mol. The van der Waals surface area contributed by atoms with Crippen molar-refractivity contribution in [2.75, 3.05) is 20.6 Å². The van der Waals surface area contributed by atoms with Gasteiger partial charge in [0.1, 0.15) is 36.2 Å². The van der Waals surface area contributed by atoms with Crippen molar-refractivity contribution in [2.45, 2.75) is 90.6 Å². The number of hydrogen-bond donors (Lipinski definition) is 2. The predicted octanol–water partition coefficient (Wildman–Crippen LogP) is 3.61. The van der Waals surface area contributed by atoms with Crippen LogP contribution in [0.1, 0.15) is 74.5 Å². The lowest BCUT2D eigenvalue weighted by atomic mass is 10.0. The second-order valence-corrected chi connectivity index (χ2v) is 12.7. The summed E-state index contributed by atoms with van der Waals surface area (Å²) in [7, 11) is 3.16. The highest BCUT2D eigenvalue weighted by molar-refractivity contribution is 6.00. The molecule has 1 saturated heterocycles. The Morgan fingerprint density at radius 1 is 1.06 bits per heavy atom. The normalized spacial score (nSPS) is 15.5. The number of ether oxygens (including phenoxy) is 1. The van der Waals surface area contributed by atoms with Crippen LogP contribution in [0, 0.1) is 5.92 Å². The average Bonchev–Trinajstić information content (AvgIpc) is 3.77. The van der Waals surface area contributed by atoms with Crippen LogP contribution in [0.4, 0.5) is 0 Å². The number of rotatable bonds is 16. The smallest absolute Gasteiger partial charge is 0.255 e. The van der Waals surface area contributed by atoms with Crippen molar-refractivity contribution in [1.29, 1.82) is 0 Å². The molecule has 1 aliphatic heterocycles. The summed E-state index contributed by atoms with van der Waals surface area (Å²) < 4.78 is 7.78. The van der Waals surface area contributed by atoms with Gasteiger partial charge in [0.15, 0.2) is 0 Å². The number of likely N-dealkylation sites (tertiary alicyclic amines) is 1. The van der Waals surface area contributed by atoms with Gasteiger partial charge in [-0.05, 0) is 49.3 Å². The van der Waals surface area contributed by atoms with Gasteiger partial charge in [0.25, 0.3) is 5.91 Å². The largest absolute Gasteiger partial charge is 0.486 e. The van der Waals surface area contributed by atoms with Gasteiger partial charge in [0.05, 0.1) is 11.8 Å². The summed E-state index contributed by atoms with van der Waals surface area (Å²) in [6.07, 6.45) is 5.72. The van der Waals surface area contributed by atoms with Crippen LogP contribution in [0.15, 0.2) is 60.8 Å². The van der Waals surface area contributed by atoms with E-state index in [0.717, 1.165) is 24.9 Å². The molecule has 4 rings (SSSR count). The summed E-state index contributed by atoms with van der Waals surface area (Å²) in [6, 6.07) is 14.1. The molecule has 12 nitrogen and oxygen atoms in total. The number of amides is 4. The fourth-order valence-electron chi connectivity index (χ4n) is 5.98. The van der Waals surface area contributed by atoms with Gasteiger partial charge in [-0.2, -0.15) is 0 Å². The maximum absolute atomic E-state index is 14.1. The Morgan fingerprint density at radius 2 is 1.79 bits per heavy atom. The molecular formula is C36H49N7O5. The lowest BCUT2D eigenvalue weighted by Crippen LogP contribution is -2.57. The molecule has 48 heavy (non-hydrogen) atoms. The zero-order valence-corrected chi connectivity index (χ0v) is 28.7. The first-order valence-corrected chi connectivity index (χ1v) is 16.9. The summed E-state index contributed by atoms with van der Waals surface area (Å²) >= 11 is 0. The minimum atomic E-state index is -0.859. The zero-order valence-electron chi connectivity index (χ0n) is 28.7. The molecule has 4 amide bonds. The van der Waals surface area contributed by atoms with Gasteiger partial charge in [-0.1, -0.05) is 74.9 Å². The monoisotopic (exact) mass is 659 g/mol. The van der Waals surface area contributed by atoms with Crippen LogP contribution in [-0.2, 0) is 34.0 Å². The number of likely N-dealkylation sites (N-methyl/N-ethyl adjacent to an activating group) is 2. The van der Waals surface area contributed by atoms with Crippen LogP contribution in [0.3, 0.4) is 0 Å². The van der Waals surface area contributed by atoms with Gasteiger partial charge in [0, 0.05) is 33.6 Å². The highest BCUT2D eigenvalue weighted by Crippen LogP contribution is 2.25. The number of carbonyl (C=O) groups excluding carboxylic acids is 4. The third kappa shape index (κ3) is 9.42. The van der Waals surface area contributed by atoms with Crippen LogP contribution in [0.2, 0.25) is 0 Å². The van der Waals surface area contributed by atoms with Crippen LogP contribution in [0.25, 0.3) is 0 Å².